The van der Waals surface area contributed by atoms with E-state index in [1.165, 1.54) is 18.2 Å². The van der Waals surface area contributed by atoms with Crippen molar-refractivity contribution in [2.45, 2.75) is 32.4 Å². The summed E-state index contributed by atoms with van der Waals surface area (Å²) in [5.41, 5.74) is 2.25. The van der Waals surface area contributed by atoms with Gasteiger partial charge in [0.25, 0.3) is 0 Å². The Bertz CT molecular complexity index is 1020. The van der Waals surface area contributed by atoms with Gasteiger partial charge in [-0.1, -0.05) is 31.2 Å². The number of ether oxygens (including phenoxy) is 1. The molecule has 0 amide bonds. The Hall–Kier alpha value is -2.20. The van der Waals surface area contributed by atoms with Crippen molar-refractivity contribution in [3.8, 4) is 17.3 Å². The molecule has 0 fully saturated rings. The maximum Gasteiger partial charge on any atom is 0.144 e. The van der Waals surface area contributed by atoms with Crippen LogP contribution in [-0.2, 0) is 11.5 Å². The number of pyridine rings is 1. The molecule has 27 heavy (non-hydrogen) atoms. The van der Waals surface area contributed by atoms with Crippen molar-refractivity contribution in [1.29, 1.82) is 5.26 Å². The average molecular weight is 402 g/mol. The summed E-state index contributed by atoms with van der Waals surface area (Å²) in [5, 5.41) is 10.7. The second kappa shape index (κ2) is 7.81. The molecule has 0 radical (unpaired) electrons. The maximum atomic E-state index is 13.9. The third-order valence-electron chi connectivity index (χ3n) is 4.30. The number of nitriles is 1. The highest BCUT2D eigenvalue weighted by Crippen LogP contribution is 2.31. The van der Waals surface area contributed by atoms with Crippen molar-refractivity contribution in [3.63, 3.8) is 0 Å². The first-order valence-corrected chi connectivity index (χ1v) is 12.8. The maximum absolute atomic E-state index is 13.9. The van der Waals surface area contributed by atoms with Crippen LogP contribution in [0.25, 0.3) is 22.3 Å². The van der Waals surface area contributed by atoms with Gasteiger partial charge in [0.05, 0.1) is 17.3 Å². The van der Waals surface area contributed by atoms with Crippen molar-refractivity contribution < 1.29 is 9.13 Å². The van der Waals surface area contributed by atoms with E-state index in [9.17, 15) is 9.65 Å². The monoisotopic (exact) mass is 401 g/mol. The molecule has 0 saturated heterocycles. The van der Waals surface area contributed by atoms with Crippen molar-refractivity contribution >= 4 is 30.7 Å². The zero-order valence-corrected chi connectivity index (χ0v) is 17.3. The summed E-state index contributed by atoms with van der Waals surface area (Å²) in [7, 11) is -1.21. The van der Waals surface area contributed by atoms with Gasteiger partial charge in [0, 0.05) is 25.6 Å². The molecule has 4 nitrogen and oxygen atoms in total. The van der Waals surface area contributed by atoms with Gasteiger partial charge in [-0.15, -0.1) is 0 Å². The van der Waals surface area contributed by atoms with Crippen molar-refractivity contribution in [2.24, 2.45) is 0 Å². The predicted octanol–water partition coefficient (Wildman–Crippen LogP) is 5.68. The highest BCUT2D eigenvalue weighted by Gasteiger charge is 2.17. The van der Waals surface area contributed by atoms with E-state index in [1.54, 1.807) is 6.07 Å². The number of rotatable bonds is 6. The zero-order valence-electron chi connectivity index (χ0n) is 15.6. The molecule has 3 rings (SSSR count). The fraction of sp³-hybridized carbons (Fsp3) is 0.300. The molecule has 0 bridgehead atoms. The van der Waals surface area contributed by atoms with Crippen LogP contribution < -0.4 is 0 Å². The van der Waals surface area contributed by atoms with Gasteiger partial charge in [0.2, 0.25) is 0 Å². The minimum Gasteiger partial charge on any atom is -0.361 e. The van der Waals surface area contributed by atoms with E-state index in [1.807, 2.05) is 16.7 Å². The summed E-state index contributed by atoms with van der Waals surface area (Å²) in [6, 6.07) is 12.8. The molecule has 0 aliphatic rings. The molecule has 0 unspecified atom stereocenters. The molecule has 2 aromatic heterocycles. The van der Waals surface area contributed by atoms with E-state index in [-0.39, 0.29) is 6.73 Å². The molecule has 0 spiro atoms. The summed E-state index contributed by atoms with van der Waals surface area (Å²) < 4.78 is 21.6. The summed E-state index contributed by atoms with van der Waals surface area (Å²) in [6.07, 6.45) is 0. The van der Waals surface area contributed by atoms with Crippen LogP contribution >= 0.6 is 11.6 Å². The van der Waals surface area contributed by atoms with E-state index in [0.29, 0.717) is 34.2 Å². The predicted molar refractivity (Wildman–Crippen MR) is 109 cm³/mol. The summed E-state index contributed by atoms with van der Waals surface area (Å²) >= 11 is 6.08. The molecular weight excluding hydrogens is 381 g/mol. The van der Waals surface area contributed by atoms with Gasteiger partial charge in [-0.3, -0.25) is 0 Å². The highest BCUT2D eigenvalue weighted by atomic mass is 35.5. The van der Waals surface area contributed by atoms with Crippen LogP contribution in [0.2, 0.25) is 30.8 Å². The van der Waals surface area contributed by atoms with E-state index in [0.717, 1.165) is 11.4 Å². The van der Waals surface area contributed by atoms with Gasteiger partial charge in [-0.25, -0.2) is 9.37 Å². The second-order valence-corrected chi connectivity index (χ2v) is 13.7. The molecule has 2 heterocycles. The third-order valence-corrected chi connectivity index (χ3v) is 6.22. The number of fused-ring (bicyclic) bond motifs is 1. The number of aromatic nitrogens is 2. The Morgan fingerprint density at radius 2 is 2.00 bits per heavy atom. The summed E-state index contributed by atoms with van der Waals surface area (Å²) in [5.74, 6) is -0.397. The van der Waals surface area contributed by atoms with E-state index in [4.69, 9.17) is 16.3 Å². The number of hydrogen-bond donors (Lipinski definition) is 0. The average Bonchev–Trinajstić information content (AvgIpc) is 2.95. The SMILES string of the molecule is C[Si](C)(C)CCOCn1c(-c2cc(F)ccc2C#N)cc2ccc(Cl)nc21. The van der Waals surface area contributed by atoms with Crippen LogP contribution in [-0.4, -0.2) is 24.2 Å². The van der Waals surface area contributed by atoms with Crippen molar-refractivity contribution in [1.82, 2.24) is 9.55 Å². The Labute approximate surface area is 164 Å². The lowest BCUT2D eigenvalue weighted by atomic mass is 10.1. The van der Waals surface area contributed by atoms with Gasteiger partial charge < -0.3 is 9.30 Å². The second-order valence-electron chi connectivity index (χ2n) is 7.65. The van der Waals surface area contributed by atoms with Crippen LogP contribution in [0.1, 0.15) is 5.56 Å². The molecule has 7 heteroatoms. The van der Waals surface area contributed by atoms with Gasteiger partial charge in [0.1, 0.15) is 23.3 Å². The van der Waals surface area contributed by atoms with Gasteiger partial charge >= 0.3 is 0 Å². The summed E-state index contributed by atoms with van der Waals surface area (Å²) in [6.45, 7) is 7.78. The van der Waals surface area contributed by atoms with Crippen molar-refractivity contribution in [3.05, 3.63) is 52.9 Å². The molecule has 1 aromatic carbocycles. The number of nitrogens with zero attached hydrogens (tertiary/aromatic N) is 3. The van der Waals surface area contributed by atoms with Crippen LogP contribution in [0, 0.1) is 17.1 Å². The first-order chi connectivity index (χ1) is 12.8. The fourth-order valence-electron chi connectivity index (χ4n) is 2.82. The van der Waals surface area contributed by atoms with E-state index < -0.39 is 13.9 Å². The highest BCUT2D eigenvalue weighted by molar-refractivity contribution is 6.76. The van der Waals surface area contributed by atoms with Crippen LogP contribution in [0.4, 0.5) is 4.39 Å². The van der Waals surface area contributed by atoms with Crippen LogP contribution in [0.3, 0.4) is 0 Å². The van der Waals surface area contributed by atoms with Gasteiger partial charge in [0.15, 0.2) is 0 Å². The lowest BCUT2D eigenvalue weighted by molar-refractivity contribution is 0.0909. The first-order valence-electron chi connectivity index (χ1n) is 8.72. The number of hydrogen-bond acceptors (Lipinski definition) is 3. The molecule has 3 aromatic rings. The Morgan fingerprint density at radius 1 is 1.22 bits per heavy atom. The van der Waals surface area contributed by atoms with Crippen molar-refractivity contribution in [2.75, 3.05) is 6.61 Å². The number of benzene rings is 1. The summed E-state index contributed by atoms with van der Waals surface area (Å²) in [4.78, 5) is 4.41. The Balaban J connectivity index is 2.05. The minimum absolute atomic E-state index is 0.262. The fourth-order valence-corrected chi connectivity index (χ4v) is 3.72. The lowest BCUT2D eigenvalue weighted by Crippen LogP contribution is -2.22. The molecule has 140 valence electrons. The normalized spacial score (nSPS) is 11.7. The van der Waals surface area contributed by atoms with E-state index >= 15 is 0 Å². The molecule has 0 aliphatic heterocycles. The Kier molecular flexibility index (Phi) is 5.66. The standard InChI is InChI=1S/C20H21ClFN3OSi/c1-27(2,3)9-8-26-13-25-18(10-14-5-7-19(21)24-20(14)25)17-11-16(22)6-4-15(17)12-23/h4-7,10-11H,8-9,13H2,1-3H3. The van der Waals surface area contributed by atoms with Crippen LogP contribution in [0.15, 0.2) is 36.4 Å². The Morgan fingerprint density at radius 3 is 2.70 bits per heavy atom. The topological polar surface area (TPSA) is 50.8 Å². The molecule has 0 atom stereocenters. The molecule has 0 saturated carbocycles. The minimum atomic E-state index is -1.21. The zero-order chi connectivity index (χ0) is 19.6. The molecule has 0 aliphatic carbocycles. The largest absolute Gasteiger partial charge is 0.361 e. The van der Waals surface area contributed by atoms with Gasteiger partial charge in [-0.2, -0.15) is 5.26 Å². The van der Waals surface area contributed by atoms with E-state index in [2.05, 4.69) is 30.7 Å². The van der Waals surface area contributed by atoms with Gasteiger partial charge in [-0.05, 0) is 42.4 Å². The molecule has 0 N–H and O–H groups in total. The first kappa shape index (κ1) is 19.6. The molecular formula is C20H21ClFN3OSi. The number of halogens is 2. The third kappa shape index (κ3) is 4.56. The smallest absolute Gasteiger partial charge is 0.144 e. The van der Waals surface area contributed by atoms with Crippen LogP contribution in [0.5, 0.6) is 0 Å². The lowest BCUT2D eigenvalue weighted by Gasteiger charge is -2.17. The quantitative estimate of drug-likeness (QED) is 0.303.